The average Bonchev–Trinajstić information content (AvgIpc) is 2.52. The van der Waals surface area contributed by atoms with Gasteiger partial charge in [-0.05, 0) is 43.4 Å². The van der Waals surface area contributed by atoms with Gasteiger partial charge in [0.05, 0.1) is 0 Å². The molecule has 2 N–H and O–H groups in total. The third-order valence-electron chi connectivity index (χ3n) is 4.16. The van der Waals surface area contributed by atoms with Gasteiger partial charge in [0.1, 0.15) is 0 Å². The van der Waals surface area contributed by atoms with Crippen LogP contribution in [0.25, 0.3) is 0 Å². The number of urea groups is 1. The molecule has 1 heterocycles. The summed E-state index contributed by atoms with van der Waals surface area (Å²) in [6.45, 7) is 7.88. The first kappa shape index (κ1) is 17.3. The lowest BCUT2D eigenvalue weighted by molar-refractivity contribution is -0.124. The summed E-state index contributed by atoms with van der Waals surface area (Å²) in [5.74, 6) is 0.403. The van der Waals surface area contributed by atoms with E-state index in [9.17, 15) is 9.59 Å². The maximum Gasteiger partial charge on any atom is 0.321 e. The smallest absolute Gasteiger partial charge is 0.321 e. The fourth-order valence-electron chi connectivity index (χ4n) is 2.79. The first-order chi connectivity index (χ1) is 11.0. The molecule has 5 heteroatoms. The van der Waals surface area contributed by atoms with Crippen LogP contribution in [0.15, 0.2) is 24.3 Å². The van der Waals surface area contributed by atoms with Crippen LogP contribution in [0.5, 0.6) is 0 Å². The second-order valence-corrected chi connectivity index (χ2v) is 6.65. The molecule has 23 heavy (non-hydrogen) atoms. The molecule has 1 aliphatic rings. The summed E-state index contributed by atoms with van der Waals surface area (Å²) >= 11 is 0. The number of carbonyl (C=O) groups excluding carboxylic acids is 2. The minimum absolute atomic E-state index is 0.000637. The van der Waals surface area contributed by atoms with Crippen LogP contribution in [0.4, 0.5) is 10.5 Å². The molecule has 2 rings (SSSR count). The van der Waals surface area contributed by atoms with Crippen molar-refractivity contribution in [2.45, 2.75) is 33.6 Å². The van der Waals surface area contributed by atoms with E-state index in [2.05, 4.69) is 10.6 Å². The van der Waals surface area contributed by atoms with Crippen molar-refractivity contribution < 1.29 is 9.59 Å². The lowest BCUT2D eigenvalue weighted by Gasteiger charge is -2.33. The van der Waals surface area contributed by atoms with Crippen LogP contribution in [0.3, 0.4) is 0 Å². The average molecular weight is 317 g/mol. The van der Waals surface area contributed by atoms with E-state index in [0.29, 0.717) is 19.0 Å². The van der Waals surface area contributed by atoms with Gasteiger partial charge in [-0.25, -0.2) is 4.79 Å². The Kier molecular flexibility index (Phi) is 6.02. The van der Waals surface area contributed by atoms with E-state index in [-0.39, 0.29) is 17.9 Å². The number of piperidine rings is 1. The van der Waals surface area contributed by atoms with Gasteiger partial charge in [0.15, 0.2) is 0 Å². The van der Waals surface area contributed by atoms with E-state index >= 15 is 0 Å². The summed E-state index contributed by atoms with van der Waals surface area (Å²) in [5, 5.41) is 5.93. The predicted molar refractivity (Wildman–Crippen MR) is 92.3 cm³/mol. The SMILES string of the molecule is Cc1cccc(NC(=O)N2CCC[C@@H](CNC(=O)C(C)C)C2)c1. The molecule has 1 atom stereocenters. The summed E-state index contributed by atoms with van der Waals surface area (Å²) < 4.78 is 0. The van der Waals surface area contributed by atoms with E-state index in [1.807, 2.05) is 49.9 Å². The predicted octanol–water partition coefficient (Wildman–Crippen LogP) is 3.01. The molecule has 0 aliphatic carbocycles. The van der Waals surface area contributed by atoms with Crippen LogP contribution in [-0.4, -0.2) is 36.5 Å². The Labute approximate surface area is 138 Å². The lowest BCUT2D eigenvalue weighted by atomic mass is 9.98. The second-order valence-electron chi connectivity index (χ2n) is 6.65. The quantitative estimate of drug-likeness (QED) is 0.897. The molecule has 0 aromatic heterocycles. The fraction of sp³-hybridized carbons (Fsp3) is 0.556. The molecule has 0 spiro atoms. The van der Waals surface area contributed by atoms with Crippen LogP contribution in [0, 0.1) is 18.8 Å². The first-order valence-electron chi connectivity index (χ1n) is 8.36. The molecular weight excluding hydrogens is 290 g/mol. The monoisotopic (exact) mass is 317 g/mol. The number of likely N-dealkylation sites (tertiary alicyclic amines) is 1. The van der Waals surface area contributed by atoms with Crippen molar-refractivity contribution in [3.63, 3.8) is 0 Å². The Morgan fingerprint density at radius 1 is 1.35 bits per heavy atom. The van der Waals surface area contributed by atoms with E-state index in [0.717, 1.165) is 30.6 Å². The largest absolute Gasteiger partial charge is 0.356 e. The van der Waals surface area contributed by atoms with Crippen molar-refractivity contribution >= 4 is 17.6 Å². The van der Waals surface area contributed by atoms with Crippen LogP contribution in [-0.2, 0) is 4.79 Å². The van der Waals surface area contributed by atoms with Crippen molar-refractivity contribution in [1.29, 1.82) is 0 Å². The lowest BCUT2D eigenvalue weighted by Crippen LogP contribution is -2.45. The Morgan fingerprint density at radius 3 is 2.83 bits per heavy atom. The van der Waals surface area contributed by atoms with Crippen molar-refractivity contribution in [2.75, 3.05) is 25.0 Å². The molecule has 1 saturated heterocycles. The number of aryl methyl sites for hydroxylation is 1. The van der Waals surface area contributed by atoms with Gasteiger partial charge in [0, 0.05) is 31.2 Å². The number of nitrogens with zero attached hydrogens (tertiary/aromatic N) is 1. The molecule has 0 saturated carbocycles. The molecule has 0 unspecified atom stereocenters. The van der Waals surface area contributed by atoms with Crippen LogP contribution in [0.1, 0.15) is 32.3 Å². The first-order valence-corrected chi connectivity index (χ1v) is 8.36. The van der Waals surface area contributed by atoms with Gasteiger partial charge in [0.2, 0.25) is 5.91 Å². The maximum atomic E-state index is 12.4. The fourth-order valence-corrected chi connectivity index (χ4v) is 2.79. The van der Waals surface area contributed by atoms with Crippen molar-refractivity contribution in [2.24, 2.45) is 11.8 Å². The number of hydrogen-bond acceptors (Lipinski definition) is 2. The molecule has 1 fully saturated rings. The number of rotatable bonds is 4. The highest BCUT2D eigenvalue weighted by molar-refractivity contribution is 5.89. The van der Waals surface area contributed by atoms with Crippen LogP contribution in [0.2, 0.25) is 0 Å². The van der Waals surface area contributed by atoms with Crippen molar-refractivity contribution in [1.82, 2.24) is 10.2 Å². The summed E-state index contributed by atoms with van der Waals surface area (Å²) in [6, 6.07) is 7.74. The Morgan fingerprint density at radius 2 is 2.13 bits per heavy atom. The number of carbonyl (C=O) groups is 2. The summed E-state index contributed by atoms with van der Waals surface area (Å²) in [7, 11) is 0. The van der Waals surface area contributed by atoms with Gasteiger partial charge in [-0.15, -0.1) is 0 Å². The molecule has 0 bridgehead atoms. The molecule has 1 aliphatic heterocycles. The molecule has 126 valence electrons. The topological polar surface area (TPSA) is 61.4 Å². The normalized spacial score (nSPS) is 17.9. The molecule has 3 amide bonds. The maximum absolute atomic E-state index is 12.4. The summed E-state index contributed by atoms with van der Waals surface area (Å²) in [4.78, 5) is 25.9. The third kappa shape index (κ3) is 5.27. The van der Waals surface area contributed by atoms with Gasteiger partial charge >= 0.3 is 6.03 Å². The summed E-state index contributed by atoms with van der Waals surface area (Å²) in [5.41, 5.74) is 1.95. The Bertz CT molecular complexity index is 557. The highest BCUT2D eigenvalue weighted by Gasteiger charge is 2.24. The molecule has 1 aromatic carbocycles. The molecule has 0 radical (unpaired) electrons. The second kappa shape index (κ2) is 7.99. The number of hydrogen-bond donors (Lipinski definition) is 2. The minimum atomic E-state index is -0.0597. The van der Waals surface area contributed by atoms with Gasteiger partial charge < -0.3 is 15.5 Å². The Hall–Kier alpha value is -2.04. The van der Waals surface area contributed by atoms with E-state index in [1.54, 1.807) is 0 Å². The summed E-state index contributed by atoms with van der Waals surface area (Å²) in [6.07, 6.45) is 2.02. The van der Waals surface area contributed by atoms with Gasteiger partial charge in [-0.3, -0.25) is 4.79 Å². The number of nitrogens with one attached hydrogen (secondary N) is 2. The molecular formula is C18H27N3O2. The Balaban J connectivity index is 1.85. The van der Waals surface area contributed by atoms with Crippen LogP contribution >= 0.6 is 0 Å². The number of anilines is 1. The van der Waals surface area contributed by atoms with Gasteiger partial charge in [-0.1, -0.05) is 26.0 Å². The zero-order chi connectivity index (χ0) is 16.8. The van der Waals surface area contributed by atoms with E-state index in [4.69, 9.17) is 0 Å². The van der Waals surface area contributed by atoms with Gasteiger partial charge in [-0.2, -0.15) is 0 Å². The highest BCUT2D eigenvalue weighted by Crippen LogP contribution is 2.18. The number of benzene rings is 1. The standard InChI is InChI=1S/C18H27N3O2/c1-13(2)17(22)19-11-15-7-5-9-21(12-15)18(23)20-16-8-4-6-14(3)10-16/h4,6,8,10,13,15H,5,7,9,11-12H2,1-3H3,(H,19,22)(H,20,23)/t15-/m0/s1. The third-order valence-corrected chi connectivity index (χ3v) is 4.16. The highest BCUT2D eigenvalue weighted by atomic mass is 16.2. The minimum Gasteiger partial charge on any atom is -0.356 e. The van der Waals surface area contributed by atoms with Crippen molar-refractivity contribution in [3.8, 4) is 0 Å². The zero-order valence-electron chi connectivity index (χ0n) is 14.3. The number of amides is 3. The van der Waals surface area contributed by atoms with E-state index in [1.165, 1.54) is 0 Å². The van der Waals surface area contributed by atoms with Gasteiger partial charge in [0.25, 0.3) is 0 Å². The van der Waals surface area contributed by atoms with Crippen molar-refractivity contribution in [3.05, 3.63) is 29.8 Å². The van der Waals surface area contributed by atoms with E-state index < -0.39 is 0 Å². The zero-order valence-corrected chi connectivity index (χ0v) is 14.3. The van der Waals surface area contributed by atoms with Crippen LogP contribution < -0.4 is 10.6 Å². The molecule has 5 nitrogen and oxygen atoms in total. The molecule has 1 aromatic rings.